The van der Waals surface area contributed by atoms with E-state index >= 15 is 0 Å². The molecule has 0 atom stereocenters. The summed E-state index contributed by atoms with van der Waals surface area (Å²) >= 11 is 0. The summed E-state index contributed by atoms with van der Waals surface area (Å²) in [5, 5.41) is 5.70. The molecule has 23 heavy (non-hydrogen) atoms. The Morgan fingerprint density at radius 1 is 0.957 bits per heavy atom. The van der Waals surface area contributed by atoms with E-state index in [9.17, 15) is 0 Å². The Balaban J connectivity index is 1.79. The standard InChI is InChI=1S/C20H20N2O/c1-2-4-15(5-3-1)19-12-17-14-22-9-6-16(17)13-20(19)23-18-7-10-21-11-8-18/h1-6,9,12-14,18,21H,7-8,10-11H2. The first-order chi connectivity index (χ1) is 11.4. The van der Waals surface area contributed by atoms with Gasteiger partial charge in [0.1, 0.15) is 11.9 Å². The maximum absolute atomic E-state index is 6.39. The summed E-state index contributed by atoms with van der Waals surface area (Å²) in [6.45, 7) is 2.06. The summed E-state index contributed by atoms with van der Waals surface area (Å²) in [4.78, 5) is 4.24. The van der Waals surface area contributed by atoms with E-state index in [0.29, 0.717) is 0 Å². The first kappa shape index (κ1) is 14.2. The molecule has 0 radical (unpaired) electrons. The molecule has 1 aliphatic rings. The van der Waals surface area contributed by atoms with Crippen molar-refractivity contribution in [2.24, 2.45) is 0 Å². The number of aromatic nitrogens is 1. The fourth-order valence-electron chi connectivity index (χ4n) is 3.15. The van der Waals surface area contributed by atoms with Crippen molar-refractivity contribution in [2.45, 2.75) is 18.9 Å². The molecule has 3 aromatic rings. The molecule has 2 heterocycles. The molecule has 0 saturated carbocycles. The number of pyridine rings is 1. The summed E-state index contributed by atoms with van der Waals surface area (Å²) in [5.74, 6) is 0.974. The molecule has 3 heteroatoms. The third-order valence-electron chi connectivity index (χ3n) is 4.40. The number of ether oxygens (including phenoxy) is 1. The molecule has 0 amide bonds. The molecule has 0 bridgehead atoms. The van der Waals surface area contributed by atoms with Crippen LogP contribution in [0.5, 0.6) is 5.75 Å². The molecule has 116 valence electrons. The fraction of sp³-hybridized carbons (Fsp3) is 0.250. The van der Waals surface area contributed by atoms with Gasteiger partial charge in [-0.3, -0.25) is 4.98 Å². The van der Waals surface area contributed by atoms with Crippen molar-refractivity contribution in [3.63, 3.8) is 0 Å². The second kappa shape index (κ2) is 6.39. The molecule has 0 spiro atoms. The van der Waals surface area contributed by atoms with Gasteiger partial charge in [-0.05, 0) is 55.1 Å². The molecule has 1 N–H and O–H groups in total. The average Bonchev–Trinajstić information content (AvgIpc) is 2.63. The van der Waals surface area contributed by atoms with Gasteiger partial charge in [0.2, 0.25) is 0 Å². The summed E-state index contributed by atoms with van der Waals surface area (Å²) in [6, 6.07) is 16.8. The lowest BCUT2D eigenvalue weighted by Crippen LogP contribution is -2.34. The number of nitrogens with zero attached hydrogens (tertiary/aromatic N) is 1. The van der Waals surface area contributed by atoms with Gasteiger partial charge in [0, 0.05) is 23.3 Å². The van der Waals surface area contributed by atoms with Gasteiger partial charge >= 0.3 is 0 Å². The molecule has 0 unspecified atom stereocenters. The van der Waals surface area contributed by atoms with Crippen molar-refractivity contribution >= 4 is 10.8 Å². The van der Waals surface area contributed by atoms with Gasteiger partial charge in [0.05, 0.1) is 0 Å². The van der Waals surface area contributed by atoms with E-state index in [1.54, 1.807) is 0 Å². The summed E-state index contributed by atoms with van der Waals surface area (Å²) in [6.07, 6.45) is 6.15. The van der Waals surface area contributed by atoms with Crippen LogP contribution < -0.4 is 10.1 Å². The predicted molar refractivity (Wildman–Crippen MR) is 93.7 cm³/mol. The lowest BCUT2D eigenvalue weighted by molar-refractivity contribution is 0.163. The van der Waals surface area contributed by atoms with Crippen molar-refractivity contribution < 1.29 is 4.74 Å². The molecule has 1 fully saturated rings. The Kier molecular flexibility index (Phi) is 3.95. The largest absolute Gasteiger partial charge is 0.490 e. The van der Waals surface area contributed by atoms with E-state index in [4.69, 9.17) is 4.74 Å². The predicted octanol–water partition coefficient (Wildman–Crippen LogP) is 4.03. The Morgan fingerprint density at radius 3 is 2.61 bits per heavy atom. The Bertz CT molecular complexity index is 795. The van der Waals surface area contributed by atoms with E-state index < -0.39 is 0 Å². The normalized spacial score (nSPS) is 15.7. The van der Waals surface area contributed by atoms with Gasteiger partial charge in [-0.15, -0.1) is 0 Å². The summed E-state index contributed by atoms with van der Waals surface area (Å²) in [5.41, 5.74) is 2.33. The summed E-state index contributed by atoms with van der Waals surface area (Å²) < 4.78 is 6.39. The number of nitrogens with one attached hydrogen (secondary N) is 1. The van der Waals surface area contributed by atoms with Crippen LogP contribution in [0.4, 0.5) is 0 Å². The number of fused-ring (bicyclic) bond motifs is 1. The molecule has 1 aliphatic heterocycles. The smallest absolute Gasteiger partial charge is 0.128 e. The molecule has 1 aromatic heterocycles. The van der Waals surface area contributed by atoms with Crippen molar-refractivity contribution in [3.8, 4) is 16.9 Å². The maximum atomic E-state index is 6.39. The van der Waals surface area contributed by atoms with E-state index in [1.807, 2.05) is 24.5 Å². The van der Waals surface area contributed by atoms with E-state index in [2.05, 4.69) is 46.7 Å². The van der Waals surface area contributed by atoms with Crippen LogP contribution in [0.2, 0.25) is 0 Å². The van der Waals surface area contributed by atoms with Gasteiger partial charge in [0.15, 0.2) is 0 Å². The third kappa shape index (κ3) is 3.06. The Morgan fingerprint density at radius 2 is 1.78 bits per heavy atom. The molecular weight excluding hydrogens is 284 g/mol. The molecule has 1 saturated heterocycles. The van der Waals surface area contributed by atoms with Crippen LogP contribution in [0.1, 0.15) is 12.8 Å². The highest BCUT2D eigenvalue weighted by Crippen LogP contribution is 2.35. The zero-order valence-corrected chi connectivity index (χ0v) is 13.0. The van der Waals surface area contributed by atoms with E-state index in [0.717, 1.165) is 42.6 Å². The number of rotatable bonds is 3. The Hall–Kier alpha value is -2.39. The minimum atomic E-state index is 0.290. The van der Waals surface area contributed by atoms with Crippen molar-refractivity contribution in [3.05, 3.63) is 60.9 Å². The van der Waals surface area contributed by atoms with Crippen molar-refractivity contribution in [1.29, 1.82) is 0 Å². The lowest BCUT2D eigenvalue weighted by atomic mass is 10.0. The SMILES string of the molecule is c1ccc(-c2cc3cnccc3cc2OC2CCNCC2)cc1. The van der Waals surface area contributed by atoms with Crippen LogP contribution in [-0.4, -0.2) is 24.2 Å². The zero-order valence-electron chi connectivity index (χ0n) is 13.0. The highest BCUT2D eigenvalue weighted by atomic mass is 16.5. The lowest BCUT2D eigenvalue weighted by Gasteiger charge is -2.25. The van der Waals surface area contributed by atoms with Gasteiger partial charge in [-0.1, -0.05) is 30.3 Å². The Labute approximate surface area is 136 Å². The van der Waals surface area contributed by atoms with E-state index in [1.165, 1.54) is 10.9 Å². The highest BCUT2D eigenvalue weighted by molar-refractivity contribution is 5.90. The maximum Gasteiger partial charge on any atom is 0.128 e. The van der Waals surface area contributed by atoms with Crippen LogP contribution in [0.25, 0.3) is 21.9 Å². The van der Waals surface area contributed by atoms with Crippen LogP contribution in [-0.2, 0) is 0 Å². The number of piperidine rings is 1. The summed E-state index contributed by atoms with van der Waals surface area (Å²) in [7, 11) is 0. The molecule has 3 nitrogen and oxygen atoms in total. The van der Waals surface area contributed by atoms with Crippen LogP contribution >= 0.6 is 0 Å². The van der Waals surface area contributed by atoms with Crippen molar-refractivity contribution in [2.75, 3.05) is 13.1 Å². The monoisotopic (exact) mass is 304 g/mol. The second-order valence-electron chi connectivity index (χ2n) is 6.00. The van der Waals surface area contributed by atoms with Crippen LogP contribution in [0.15, 0.2) is 60.9 Å². The van der Waals surface area contributed by atoms with Crippen LogP contribution in [0, 0.1) is 0 Å². The van der Waals surface area contributed by atoms with Gasteiger partial charge in [-0.25, -0.2) is 0 Å². The van der Waals surface area contributed by atoms with Gasteiger partial charge < -0.3 is 10.1 Å². The quantitative estimate of drug-likeness (QED) is 0.793. The third-order valence-corrected chi connectivity index (χ3v) is 4.40. The molecule has 0 aliphatic carbocycles. The van der Waals surface area contributed by atoms with Crippen molar-refractivity contribution in [1.82, 2.24) is 10.3 Å². The van der Waals surface area contributed by atoms with Gasteiger partial charge in [0.25, 0.3) is 0 Å². The first-order valence-electron chi connectivity index (χ1n) is 8.21. The minimum absolute atomic E-state index is 0.290. The molecule has 4 rings (SSSR count). The van der Waals surface area contributed by atoms with E-state index in [-0.39, 0.29) is 6.10 Å². The average molecular weight is 304 g/mol. The minimum Gasteiger partial charge on any atom is -0.490 e. The zero-order chi connectivity index (χ0) is 15.5. The number of hydrogen-bond donors (Lipinski definition) is 1. The molecular formula is C20H20N2O. The first-order valence-corrected chi connectivity index (χ1v) is 8.21. The number of hydrogen-bond acceptors (Lipinski definition) is 3. The number of benzene rings is 2. The topological polar surface area (TPSA) is 34.1 Å². The highest BCUT2D eigenvalue weighted by Gasteiger charge is 2.17. The van der Waals surface area contributed by atoms with Gasteiger partial charge in [-0.2, -0.15) is 0 Å². The second-order valence-corrected chi connectivity index (χ2v) is 6.00. The van der Waals surface area contributed by atoms with Crippen LogP contribution in [0.3, 0.4) is 0 Å². The molecule has 2 aromatic carbocycles. The fourth-order valence-corrected chi connectivity index (χ4v) is 3.15.